The second kappa shape index (κ2) is 4.40. The molecule has 0 spiro atoms. The van der Waals surface area contributed by atoms with Gasteiger partial charge in [0.15, 0.2) is 0 Å². The smallest absolute Gasteiger partial charge is 0.133 e. The first-order chi connectivity index (χ1) is 9.13. The number of hydrogen-bond donors (Lipinski definition) is 1. The minimum absolute atomic E-state index is 0.342. The van der Waals surface area contributed by atoms with Crippen molar-refractivity contribution < 1.29 is 0 Å². The standard InChI is InChI=1S/C14H21N5/c1-4-18-8-16-7-11(18)12-13(15)19(9(2)3)14(17-12)10-5-6-10/h7-10H,4-6,15H2,1-3H3. The number of nitrogens with two attached hydrogens (primary N) is 1. The van der Waals surface area contributed by atoms with E-state index < -0.39 is 0 Å². The quantitative estimate of drug-likeness (QED) is 0.918. The van der Waals surface area contributed by atoms with Gasteiger partial charge in [0.2, 0.25) is 0 Å². The first-order valence-electron chi connectivity index (χ1n) is 7.01. The molecule has 1 fully saturated rings. The Hall–Kier alpha value is -1.78. The molecule has 1 aliphatic carbocycles. The number of anilines is 1. The molecule has 0 saturated heterocycles. The van der Waals surface area contributed by atoms with Gasteiger partial charge < -0.3 is 14.9 Å². The summed E-state index contributed by atoms with van der Waals surface area (Å²) in [5.74, 6) is 2.51. The maximum atomic E-state index is 6.34. The number of aryl methyl sites for hydroxylation is 1. The number of rotatable bonds is 4. The summed E-state index contributed by atoms with van der Waals surface area (Å²) in [5, 5.41) is 0. The molecule has 1 saturated carbocycles. The minimum atomic E-state index is 0.342. The number of aromatic nitrogens is 4. The van der Waals surface area contributed by atoms with E-state index in [2.05, 4.69) is 34.9 Å². The van der Waals surface area contributed by atoms with Crippen molar-refractivity contribution in [2.24, 2.45) is 0 Å². The fraction of sp³-hybridized carbons (Fsp3) is 0.571. The van der Waals surface area contributed by atoms with Crippen molar-refractivity contribution in [1.29, 1.82) is 0 Å². The SMILES string of the molecule is CCn1cncc1-c1nc(C2CC2)n(C(C)C)c1N. The summed E-state index contributed by atoms with van der Waals surface area (Å²) in [5.41, 5.74) is 8.24. The van der Waals surface area contributed by atoms with Gasteiger partial charge in [-0.15, -0.1) is 0 Å². The van der Waals surface area contributed by atoms with Gasteiger partial charge in [0.05, 0.1) is 18.2 Å². The van der Waals surface area contributed by atoms with Gasteiger partial charge in [0, 0.05) is 18.5 Å². The van der Waals surface area contributed by atoms with Crippen molar-refractivity contribution in [3.8, 4) is 11.4 Å². The minimum Gasteiger partial charge on any atom is -0.383 e. The molecular weight excluding hydrogens is 238 g/mol. The van der Waals surface area contributed by atoms with Crippen molar-refractivity contribution in [2.45, 2.75) is 52.1 Å². The van der Waals surface area contributed by atoms with Crippen LogP contribution in [0.1, 0.15) is 51.4 Å². The zero-order chi connectivity index (χ0) is 13.6. The molecule has 0 atom stereocenters. The molecule has 0 bridgehead atoms. The lowest BCUT2D eigenvalue weighted by Crippen LogP contribution is -2.09. The lowest BCUT2D eigenvalue weighted by molar-refractivity contribution is 0.576. The first-order valence-corrected chi connectivity index (χ1v) is 7.01. The predicted molar refractivity (Wildman–Crippen MR) is 75.9 cm³/mol. The molecule has 5 nitrogen and oxygen atoms in total. The largest absolute Gasteiger partial charge is 0.383 e. The number of imidazole rings is 2. The van der Waals surface area contributed by atoms with Gasteiger partial charge >= 0.3 is 0 Å². The van der Waals surface area contributed by atoms with E-state index in [9.17, 15) is 0 Å². The van der Waals surface area contributed by atoms with E-state index in [1.165, 1.54) is 12.8 Å². The Morgan fingerprint density at radius 2 is 2.16 bits per heavy atom. The summed E-state index contributed by atoms with van der Waals surface area (Å²) in [7, 11) is 0. The van der Waals surface area contributed by atoms with Crippen LogP contribution in [0.3, 0.4) is 0 Å². The van der Waals surface area contributed by atoms with Crippen molar-refractivity contribution >= 4 is 5.82 Å². The lowest BCUT2D eigenvalue weighted by atomic mass is 10.3. The molecule has 2 heterocycles. The Morgan fingerprint density at radius 3 is 2.74 bits per heavy atom. The first kappa shape index (κ1) is 12.3. The van der Waals surface area contributed by atoms with Crippen molar-refractivity contribution in [2.75, 3.05) is 5.73 Å². The van der Waals surface area contributed by atoms with Crippen molar-refractivity contribution in [3.05, 3.63) is 18.3 Å². The fourth-order valence-corrected chi connectivity index (χ4v) is 2.59. The topological polar surface area (TPSA) is 61.7 Å². The van der Waals surface area contributed by atoms with Crippen LogP contribution in [-0.4, -0.2) is 19.1 Å². The van der Waals surface area contributed by atoms with Crippen LogP contribution in [0.15, 0.2) is 12.5 Å². The second-order valence-electron chi connectivity index (χ2n) is 5.51. The van der Waals surface area contributed by atoms with E-state index in [0.29, 0.717) is 12.0 Å². The van der Waals surface area contributed by atoms with E-state index in [-0.39, 0.29) is 0 Å². The van der Waals surface area contributed by atoms with Gasteiger partial charge in [-0.05, 0) is 33.6 Å². The summed E-state index contributed by atoms with van der Waals surface area (Å²) >= 11 is 0. The van der Waals surface area contributed by atoms with Gasteiger partial charge in [-0.3, -0.25) is 0 Å². The molecule has 2 N–H and O–H groups in total. The molecule has 0 aromatic carbocycles. The average molecular weight is 259 g/mol. The monoisotopic (exact) mass is 259 g/mol. The van der Waals surface area contributed by atoms with Crippen LogP contribution >= 0.6 is 0 Å². The Kier molecular flexibility index (Phi) is 2.84. The fourth-order valence-electron chi connectivity index (χ4n) is 2.59. The summed E-state index contributed by atoms with van der Waals surface area (Å²) in [6.45, 7) is 7.29. The summed E-state index contributed by atoms with van der Waals surface area (Å²) in [6.07, 6.45) is 6.15. The Bertz CT molecular complexity index is 589. The van der Waals surface area contributed by atoms with Crippen LogP contribution in [0.4, 0.5) is 5.82 Å². The van der Waals surface area contributed by atoms with Gasteiger partial charge in [0.25, 0.3) is 0 Å². The molecule has 102 valence electrons. The van der Waals surface area contributed by atoms with E-state index in [1.807, 2.05) is 12.5 Å². The lowest BCUT2D eigenvalue weighted by Gasteiger charge is -2.13. The molecule has 0 unspecified atom stereocenters. The molecule has 0 amide bonds. The van der Waals surface area contributed by atoms with Crippen LogP contribution in [0.2, 0.25) is 0 Å². The Balaban J connectivity index is 2.14. The Labute approximate surface area is 113 Å². The van der Waals surface area contributed by atoms with Gasteiger partial charge in [-0.2, -0.15) is 0 Å². The van der Waals surface area contributed by atoms with Gasteiger partial charge in [-0.25, -0.2) is 9.97 Å². The van der Waals surface area contributed by atoms with Crippen LogP contribution < -0.4 is 5.73 Å². The molecule has 2 aromatic rings. The number of nitrogen functional groups attached to an aromatic ring is 1. The van der Waals surface area contributed by atoms with Crippen LogP contribution in [0.25, 0.3) is 11.4 Å². The third kappa shape index (κ3) is 1.93. The molecule has 0 aliphatic heterocycles. The predicted octanol–water partition coefficient (Wildman–Crippen LogP) is 2.81. The Morgan fingerprint density at radius 1 is 1.42 bits per heavy atom. The highest BCUT2D eigenvalue weighted by atomic mass is 15.2. The molecule has 1 aliphatic rings. The zero-order valence-corrected chi connectivity index (χ0v) is 11.8. The van der Waals surface area contributed by atoms with Crippen LogP contribution in [0.5, 0.6) is 0 Å². The molecule has 2 aromatic heterocycles. The second-order valence-corrected chi connectivity index (χ2v) is 5.51. The van der Waals surface area contributed by atoms with Crippen LogP contribution in [0, 0.1) is 0 Å². The van der Waals surface area contributed by atoms with E-state index in [0.717, 1.165) is 29.6 Å². The molecule has 5 heteroatoms. The average Bonchev–Trinajstić information content (AvgIpc) is 3.00. The van der Waals surface area contributed by atoms with Gasteiger partial charge in [0.1, 0.15) is 17.3 Å². The van der Waals surface area contributed by atoms with E-state index >= 15 is 0 Å². The number of nitrogens with zero attached hydrogens (tertiary/aromatic N) is 4. The third-order valence-electron chi connectivity index (χ3n) is 3.73. The highest BCUT2D eigenvalue weighted by Gasteiger charge is 2.32. The highest BCUT2D eigenvalue weighted by Crippen LogP contribution is 2.43. The highest BCUT2D eigenvalue weighted by molar-refractivity contribution is 5.68. The zero-order valence-electron chi connectivity index (χ0n) is 11.8. The summed E-state index contributed by atoms with van der Waals surface area (Å²) < 4.78 is 4.26. The van der Waals surface area contributed by atoms with Crippen molar-refractivity contribution in [1.82, 2.24) is 19.1 Å². The maximum absolute atomic E-state index is 6.34. The third-order valence-corrected chi connectivity index (χ3v) is 3.73. The maximum Gasteiger partial charge on any atom is 0.133 e. The van der Waals surface area contributed by atoms with Crippen LogP contribution in [-0.2, 0) is 6.54 Å². The molecular formula is C14H21N5. The molecule has 3 rings (SSSR count). The summed E-state index contributed by atoms with van der Waals surface area (Å²) in [4.78, 5) is 9.03. The molecule has 19 heavy (non-hydrogen) atoms. The van der Waals surface area contributed by atoms with E-state index in [4.69, 9.17) is 10.7 Å². The van der Waals surface area contributed by atoms with Gasteiger partial charge in [-0.1, -0.05) is 0 Å². The molecule has 0 radical (unpaired) electrons. The summed E-state index contributed by atoms with van der Waals surface area (Å²) in [6, 6.07) is 0.342. The normalized spacial score (nSPS) is 15.4. The van der Waals surface area contributed by atoms with E-state index in [1.54, 1.807) is 0 Å². The number of hydrogen-bond acceptors (Lipinski definition) is 3. The van der Waals surface area contributed by atoms with Crippen molar-refractivity contribution in [3.63, 3.8) is 0 Å².